The summed E-state index contributed by atoms with van der Waals surface area (Å²) < 4.78 is 1.52. The predicted octanol–water partition coefficient (Wildman–Crippen LogP) is -1.03. The number of carboxylic acid groups (broad SMARTS) is 1. The molecular weight excluding hydrogens is 258 g/mol. The number of nitrogens with one attached hydrogen (secondary N) is 1. The second-order valence-corrected chi connectivity index (χ2v) is 4.61. The van der Waals surface area contributed by atoms with Crippen molar-refractivity contribution in [3.05, 3.63) is 30.1 Å². The number of nitrogens with zero attached hydrogens (tertiary/aromatic N) is 1. The maximum absolute atomic E-state index is 11.7. The third-order valence-electron chi connectivity index (χ3n) is 2.87. The minimum atomic E-state index is -1.25. The number of hydrogen-bond donors (Lipinski definition) is 2. The van der Waals surface area contributed by atoms with Gasteiger partial charge in [-0.3, -0.25) is 4.79 Å². The molecule has 0 fully saturated rings. The first-order valence-electron chi connectivity index (χ1n) is 6.80. The summed E-state index contributed by atoms with van der Waals surface area (Å²) in [6, 6.07) is 3.01. The molecule has 0 aromatic carbocycles. The maximum atomic E-state index is 11.7. The van der Waals surface area contributed by atoms with Crippen molar-refractivity contribution in [2.75, 3.05) is 13.1 Å². The third kappa shape index (κ3) is 6.29. The molecule has 110 valence electrons. The van der Waals surface area contributed by atoms with E-state index in [1.165, 1.54) is 16.8 Å². The summed E-state index contributed by atoms with van der Waals surface area (Å²) in [5.74, 6) is -1.39. The van der Waals surface area contributed by atoms with E-state index in [1.54, 1.807) is 12.3 Å². The second kappa shape index (κ2) is 9.03. The monoisotopic (exact) mass is 279 g/mol. The number of rotatable bonds is 9. The van der Waals surface area contributed by atoms with Gasteiger partial charge in [0.05, 0.1) is 11.5 Å². The first kappa shape index (κ1) is 16.1. The van der Waals surface area contributed by atoms with Crippen LogP contribution in [0.25, 0.3) is 0 Å². The molecule has 6 heteroatoms. The first-order valence-corrected chi connectivity index (χ1v) is 6.80. The maximum Gasteiger partial charge on any atom is 0.285 e. The molecule has 0 unspecified atom stereocenters. The zero-order valence-corrected chi connectivity index (χ0v) is 11.5. The van der Waals surface area contributed by atoms with Crippen LogP contribution in [0.15, 0.2) is 24.5 Å². The number of pyridine rings is 1. The number of aromatic nitrogens is 1. The molecule has 0 radical (unpaired) electrons. The summed E-state index contributed by atoms with van der Waals surface area (Å²) in [7, 11) is 0. The fourth-order valence-corrected chi connectivity index (χ4v) is 1.81. The van der Waals surface area contributed by atoms with Gasteiger partial charge in [-0.15, -0.1) is 0 Å². The Morgan fingerprint density at radius 1 is 1.25 bits per heavy atom. The number of nitrogens with two attached hydrogens (primary N) is 1. The molecule has 0 spiro atoms. The van der Waals surface area contributed by atoms with E-state index in [4.69, 9.17) is 5.73 Å². The number of amides is 1. The summed E-state index contributed by atoms with van der Waals surface area (Å²) in [5.41, 5.74) is 5.45. The van der Waals surface area contributed by atoms with Crippen LogP contribution < -0.4 is 20.7 Å². The van der Waals surface area contributed by atoms with Crippen molar-refractivity contribution >= 4 is 11.9 Å². The highest BCUT2D eigenvalue weighted by Gasteiger charge is 2.09. The number of carbonyl (C=O) groups excluding carboxylic acids is 2. The molecule has 1 aromatic heterocycles. The van der Waals surface area contributed by atoms with Crippen LogP contribution in [0.3, 0.4) is 0 Å². The molecule has 1 aromatic rings. The van der Waals surface area contributed by atoms with Gasteiger partial charge in [-0.05, 0) is 25.5 Å². The molecule has 0 atom stereocenters. The van der Waals surface area contributed by atoms with Crippen LogP contribution >= 0.6 is 0 Å². The topological polar surface area (TPSA) is 99.1 Å². The van der Waals surface area contributed by atoms with Gasteiger partial charge >= 0.3 is 0 Å². The molecule has 20 heavy (non-hydrogen) atoms. The Kier molecular flexibility index (Phi) is 7.27. The van der Waals surface area contributed by atoms with Crippen LogP contribution in [0.1, 0.15) is 36.0 Å². The number of hydrogen-bond acceptors (Lipinski definition) is 4. The molecule has 0 saturated heterocycles. The second-order valence-electron chi connectivity index (χ2n) is 4.61. The molecule has 6 nitrogen and oxygen atoms in total. The Hall–Kier alpha value is -1.95. The third-order valence-corrected chi connectivity index (χ3v) is 2.87. The molecule has 1 rings (SSSR count). The number of unbranched alkanes of at least 4 members (excludes halogenated alkanes) is 3. The van der Waals surface area contributed by atoms with E-state index in [2.05, 4.69) is 5.32 Å². The highest BCUT2D eigenvalue weighted by Crippen LogP contribution is 1.97. The van der Waals surface area contributed by atoms with Gasteiger partial charge in [-0.1, -0.05) is 12.8 Å². The average molecular weight is 279 g/mol. The number of carboxylic acids is 1. The van der Waals surface area contributed by atoms with Gasteiger partial charge in [-0.2, -0.15) is 4.57 Å². The van der Waals surface area contributed by atoms with Gasteiger partial charge in [0.1, 0.15) is 0 Å². The highest BCUT2D eigenvalue weighted by molar-refractivity contribution is 5.84. The molecule has 0 aliphatic rings. The van der Waals surface area contributed by atoms with Crippen LogP contribution in [0.5, 0.6) is 0 Å². The van der Waals surface area contributed by atoms with Crippen LogP contribution in [0.2, 0.25) is 0 Å². The number of carbonyl (C=O) groups is 2. The quantitative estimate of drug-likeness (QED) is 0.446. The van der Waals surface area contributed by atoms with Crippen molar-refractivity contribution in [2.24, 2.45) is 5.73 Å². The lowest BCUT2D eigenvalue weighted by molar-refractivity contribution is -0.684. The Morgan fingerprint density at radius 3 is 2.70 bits per heavy atom. The van der Waals surface area contributed by atoms with E-state index in [-0.39, 0.29) is 18.0 Å². The van der Waals surface area contributed by atoms with E-state index >= 15 is 0 Å². The summed E-state index contributed by atoms with van der Waals surface area (Å²) in [5, 5.41) is 13.5. The molecular formula is C14H21N3O3. The Labute approximate surface area is 118 Å². The van der Waals surface area contributed by atoms with Gasteiger partial charge in [0, 0.05) is 12.6 Å². The van der Waals surface area contributed by atoms with Crippen molar-refractivity contribution in [3.8, 4) is 0 Å². The van der Waals surface area contributed by atoms with Gasteiger partial charge in [-0.25, -0.2) is 0 Å². The fourth-order valence-electron chi connectivity index (χ4n) is 1.81. The van der Waals surface area contributed by atoms with Crippen LogP contribution in [0, 0.1) is 0 Å². The molecule has 0 aliphatic carbocycles. The summed E-state index contributed by atoms with van der Waals surface area (Å²) in [6.45, 7) is 1.44. The molecule has 1 amide bonds. The highest BCUT2D eigenvalue weighted by atomic mass is 16.4. The van der Waals surface area contributed by atoms with Crippen molar-refractivity contribution in [1.82, 2.24) is 5.32 Å². The fraction of sp³-hybridized carbons (Fsp3) is 0.500. The Morgan fingerprint density at radius 2 is 2.00 bits per heavy atom. The molecule has 0 bridgehead atoms. The lowest BCUT2D eigenvalue weighted by Gasteiger charge is -2.04. The summed E-state index contributed by atoms with van der Waals surface area (Å²) >= 11 is 0. The summed E-state index contributed by atoms with van der Waals surface area (Å²) in [6.07, 6.45) is 7.10. The van der Waals surface area contributed by atoms with Gasteiger partial charge < -0.3 is 21.0 Å². The normalized spacial score (nSPS) is 10.2. The Balaban J connectivity index is 2.28. The van der Waals surface area contributed by atoms with Crippen LogP contribution in [-0.2, 0) is 11.3 Å². The molecule has 0 saturated carbocycles. The van der Waals surface area contributed by atoms with E-state index in [1.807, 2.05) is 0 Å². The van der Waals surface area contributed by atoms with Crippen LogP contribution in [-0.4, -0.2) is 25.0 Å². The Bertz CT molecular complexity index is 449. The minimum Gasteiger partial charge on any atom is -0.545 e. The standard InChI is InChI=1S/C14H21N3O3/c15-7-3-1-2-4-8-16-13(18)11-17-9-5-6-12(10-17)14(19)20/h5-6,9-10H,1-4,7-8,11,15H2,(H-,16,18,19,20). The van der Waals surface area contributed by atoms with E-state index in [0.29, 0.717) is 13.1 Å². The largest absolute Gasteiger partial charge is 0.545 e. The van der Waals surface area contributed by atoms with E-state index in [9.17, 15) is 14.7 Å². The molecule has 3 N–H and O–H groups in total. The van der Waals surface area contributed by atoms with Gasteiger partial charge in [0.15, 0.2) is 12.4 Å². The zero-order valence-electron chi connectivity index (χ0n) is 11.5. The molecule has 1 heterocycles. The van der Waals surface area contributed by atoms with Crippen molar-refractivity contribution in [1.29, 1.82) is 0 Å². The smallest absolute Gasteiger partial charge is 0.285 e. The minimum absolute atomic E-state index is 0.0575. The van der Waals surface area contributed by atoms with Crippen molar-refractivity contribution in [2.45, 2.75) is 32.2 Å². The van der Waals surface area contributed by atoms with Gasteiger partial charge in [0.25, 0.3) is 5.91 Å². The number of aromatic carboxylic acids is 1. The van der Waals surface area contributed by atoms with E-state index in [0.717, 1.165) is 25.7 Å². The lowest BCUT2D eigenvalue weighted by atomic mass is 10.2. The van der Waals surface area contributed by atoms with E-state index < -0.39 is 5.97 Å². The van der Waals surface area contributed by atoms with Crippen molar-refractivity contribution < 1.29 is 19.3 Å². The molecule has 0 aliphatic heterocycles. The van der Waals surface area contributed by atoms with Crippen molar-refractivity contribution in [3.63, 3.8) is 0 Å². The first-order chi connectivity index (χ1) is 9.63. The average Bonchev–Trinajstić information content (AvgIpc) is 2.43. The lowest BCUT2D eigenvalue weighted by Crippen LogP contribution is -2.43. The van der Waals surface area contributed by atoms with Crippen LogP contribution in [0.4, 0.5) is 0 Å². The zero-order chi connectivity index (χ0) is 14.8. The van der Waals surface area contributed by atoms with Gasteiger partial charge in [0.2, 0.25) is 6.54 Å². The SMILES string of the molecule is NCCCCCCNC(=O)C[n+]1cccc(C(=O)[O-])c1. The predicted molar refractivity (Wildman–Crippen MR) is 71.5 cm³/mol. The summed E-state index contributed by atoms with van der Waals surface area (Å²) in [4.78, 5) is 22.4.